The van der Waals surface area contributed by atoms with Crippen LogP contribution in [0.25, 0.3) is 0 Å². The predicted octanol–water partition coefficient (Wildman–Crippen LogP) is 3.55. The summed E-state index contributed by atoms with van der Waals surface area (Å²) in [7, 11) is 0. The van der Waals surface area contributed by atoms with E-state index in [0.29, 0.717) is 12.2 Å². The van der Waals surface area contributed by atoms with Gasteiger partial charge in [-0.1, -0.05) is 32.4 Å². The molecular weight excluding hydrogens is 172 g/mol. The van der Waals surface area contributed by atoms with Gasteiger partial charge in [0.05, 0.1) is 0 Å². The molecule has 1 nitrogen and oxygen atoms in total. The summed E-state index contributed by atoms with van der Waals surface area (Å²) in [5.74, 6) is 0.656. The molecule has 1 heteroatoms. The van der Waals surface area contributed by atoms with E-state index >= 15 is 0 Å². The molecule has 14 heavy (non-hydrogen) atoms. The van der Waals surface area contributed by atoms with Gasteiger partial charge in [0.2, 0.25) is 0 Å². The first-order valence-electron chi connectivity index (χ1n) is 5.48. The summed E-state index contributed by atoms with van der Waals surface area (Å²) in [6, 6.07) is 0. The Bertz CT molecular complexity index is 248. The summed E-state index contributed by atoms with van der Waals surface area (Å²) in [5.41, 5.74) is 1.46. The molecule has 1 atom stereocenters. The van der Waals surface area contributed by atoms with Gasteiger partial charge in [0.15, 0.2) is 0 Å². The van der Waals surface area contributed by atoms with E-state index in [-0.39, 0.29) is 11.3 Å². The fourth-order valence-corrected chi connectivity index (χ4v) is 2.12. The molecular formula is C13H21O. The Morgan fingerprint density at radius 1 is 1.64 bits per heavy atom. The van der Waals surface area contributed by atoms with Crippen LogP contribution in [0.1, 0.15) is 47.0 Å². The van der Waals surface area contributed by atoms with Gasteiger partial charge in [0, 0.05) is 12.3 Å². The molecule has 1 aliphatic carbocycles. The summed E-state index contributed by atoms with van der Waals surface area (Å²) < 4.78 is 0. The number of hydrogen-bond donors (Lipinski definition) is 0. The number of unbranched alkanes of at least 4 members (excludes halogenated alkanes) is 1. The molecule has 79 valence electrons. The second-order valence-corrected chi connectivity index (χ2v) is 4.81. The lowest BCUT2D eigenvalue weighted by Crippen LogP contribution is -2.27. The third-order valence-electron chi connectivity index (χ3n) is 3.62. The van der Waals surface area contributed by atoms with Gasteiger partial charge in [-0.05, 0) is 31.6 Å². The molecule has 0 amide bonds. The summed E-state index contributed by atoms with van der Waals surface area (Å²) >= 11 is 0. The van der Waals surface area contributed by atoms with E-state index in [4.69, 9.17) is 0 Å². The van der Waals surface area contributed by atoms with Crippen molar-refractivity contribution in [3.8, 4) is 0 Å². The summed E-state index contributed by atoms with van der Waals surface area (Å²) in [6.07, 6.45) is 6.87. The van der Waals surface area contributed by atoms with Crippen LogP contribution in [0.2, 0.25) is 0 Å². The highest BCUT2D eigenvalue weighted by Gasteiger charge is 2.38. The van der Waals surface area contributed by atoms with Gasteiger partial charge in [-0.15, -0.1) is 0 Å². The first-order chi connectivity index (χ1) is 6.50. The van der Waals surface area contributed by atoms with Crippen LogP contribution in [-0.4, -0.2) is 5.78 Å². The van der Waals surface area contributed by atoms with Crippen molar-refractivity contribution < 1.29 is 4.79 Å². The topological polar surface area (TPSA) is 17.1 Å². The summed E-state index contributed by atoms with van der Waals surface area (Å²) in [4.78, 5) is 11.9. The largest absolute Gasteiger partial charge is 0.299 e. The Kier molecular flexibility index (Phi) is 3.52. The van der Waals surface area contributed by atoms with Gasteiger partial charge in [-0.2, -0.15) is 0 Å². The van der Waals surface area contributed by atoms with Crippen LogP contribution in [0.15, 0.2) is 11.6 Å². The van der Waals surface area contributed by atoms with Crippen molar-refractivity contribution >= 4 is 5.78 Å². The standard InChI is InChI=1S/C13H21O/c1-5-6-7-12(14)11-9-8-10(2)13(11,3)4/h5,8,11H,6-7,9H2,1-4H3/t11-/m1/s1. The zero-order valence-electron chi connectivity index (χ0n) is 9.76. The van der Waals surface area contributed by atoms with Crippen molar-refractivity contribution in [2.75, 3.05) is 0 Å². The monoisotopic (exact) mass is 193 g/mol. The quantitative estimate of drug-likeness (QED) is 0.624. The van der Waals surface area contributed by atoms with Gasteiger partial charge in [-0.25, -0.2) is 0 Å². The van der Waals surface area contributed by atoms with Crippen LogP contribution in [0.3, 0.4) is 0 Å². The Balaban J connectivity index is 2.59. The first-order valence-corrected chi connectivity index (χ1v) is 5.48. The minimum atomic E-state index is 0.0881. The maximum Gasteiger partial charge on any atom is 0.137 e. The molecule has 1 aliphatic rings. The highest BCUT2D eigenvalue weighted by Crippen LogP contribution is 2.43. The minimum Gasteiger partial charge on any atom is -0.299 e. The Morgan fingerprint density at radius 3 is 2.71 bits per heavy atom. The van der Waals surface area contributed by atoms with Crippen LogP contribution in [-0.2, 0) is 4.79 Å². The molecule has 1 radical (unpaired) electrons. The minimum absolute atomic E-state index is 0.0881. The maximum absolute atomic E-state index is 11.9. The molecule has 0 bridgehead atoms. The van der Waals surface area contributed by atoms with E-state index in [1.165, 1.54) is 5.57 Å². The third-order valence-corrected chi connectivity index (χ3v) is 3.62. The molecule has 0 unspecified atom stereocenters. The second-order valence-electron chi connectivity index (χ2n) is 4.81. The van der Waals surface area contributed by atoms with Crippen molar-refractivity contribution in [3.63, 3.8) is 0 Å². The zero-order chi connectivity index (χ0) is 10.8. The molecule has 0 heterocycles. The van der Waals surface area contributed by atoms with Crippen molar-refractivity contribution in [2.45, 2.75) is 47.0 Å². The van der Waals surface area contributed by atoms with Crippen molar-refractivity contribution in [3.05, 3.63) is 18.1 Å². The normalized spacial score (nSPS) is 24.9. The highest BCUT2D eigenvalue weighted by atomic mass is 16.1. The Morgan fingerprint density at radius 2 is 2.29 bits per heavy atom. The van der Waals surface area contributed by atoms with Crippen LogP contribution < -0.4 is 0 Å². The number of carbonyl (C=O) groups is 1. The average Bonchev–Trinajstić information content (AvgIpc) is 2.38. The maximum atomic E-state index is 11.9. The number of rotatable bonds is 4. The van der Waals surface area contributed by atoms with E-state index in [2.05, 4.69) is 33.3 Å². The molecule has 0 aromatic heterocycles. The Hall–Kier alpha value is -0.590. The van der Waals surface area contributed by atoms with Crippen LogP contribution in [0.5, 0.6) is 0 Å². The number of ketones is 1. The van der Waals surface area contributed by atoms with E-state index < -0.39 is 0 Å². The fourth-order valence-electron chi connectivity index (χ4n) is 2.12. The SMILES string of the molecule is C[CH]CCC(=O)[C@H]1CC=C(C)C1(C)C. The van der Waals surface area contributed by atoms with E-state index in [1.807, 2.05) is 6.92 Å². The highest BCUT2D eigenvalue weighted by molar-refractivity contribution is 5.83. The molecule has 0 saturated heterocycles. The van der Waals surface area contributed by atoms with Gasteiger partial charge < -0.3 is 0 Å². The zero-order valence-corrected chi connectivity index (χ0v) is 9.76. The molecule has 0 N–H and O–H groups in total. The van der Waals surface area contributed by atoms with Gasteiger partial charge in [-0.3, -0.25) is 4.79 Å². The number of Topliss-reactive ketones (excluding diaryl/α,β-unsaturated/α-hetero) is 1. The van der Waals surface area contributed by atoms with E-state index in [9.17, 15) is 4.79 Å². The number of carbonyl (C=O) groups excluding carboxylic acids is 1. The average molecular weight is 193 g/mol. The van der Waals surface area contributed by atoms with E-state index in [1.54, 1.807) is 0 Å². The molecule has 0 aromatic carbocycles. The number of hydrogen-bond acceptors (Lipinski definition) is 1. The first kappa shape index (κ1) is 11.5. The lowest BCUT2D eigenvalue weighted by Gasteiger charge is -2.28. The Labute approximate surface area is 87.6 Å². The summed E-state index contributed by atoms with van der Waals surface area (Å²) in [6.45, 7) is 8.52. The van der Waals surface area contributed by atoms with E-state index in [0.717, 1.165) is 12.8 Å². The molecule has 0 spiro atoms. The van der Waals surface area contributed by atoms with Crippen molar-refractivity contribution in [1.29, 1.82) is 0 Å². The molecule has 0 aromatic rings. The molecule has 0 aliphatic heterocycles. The van der Waals surface area contributed by atoms with Crippen LogP contribution in [0, 0.1) is 17.8 Å². The van der Waals surface area contributed by atoms with Crippen molar-refractivity contribution in [2.24, 2.45) is 11.3 Å². The fraction of sp³-hybridized carbons (Fsp3) is 0.692. The number of allylic oxidation sites excluding steroid dienone is 2. The van der Waals surface area contributed by atoms with Gasteiger partial charge in [0.1, 0.15) is 5.78 Å². The smallest absolute Gasteiger partial charge is 0.137 e. The van der Waals surface area contributed by atoms with Gasteiger partial charge >= 0.3 is 0 Å². The van der Waals surface area contributed by atoms with Crippen LogP contribution >= 0.6 is 0 Å². The van der Waals surface area contributed by atoms with Gasteiger partial charge in [0.25, 0.3) is 0 Å². The van der Waals surface area contributed by atoms with Crippen molar-refractivity contribution in [1.82, 2.24) is 0 Å². The molecule has 0 saturated carbocycles. The third kappa shape index (κ3) is 2.08. The lowest BCUT2D eigenvalue weighted by atomic mass is 9.75. The second kappa shape index (κ2) is 4.29. The van der Waals surface area contributed by atoms with Crippen LogP contribution in [0.4, 0.5) is 0 Å². The summed E-state index contributed by atoms with van der Waals surface area (Å²) in [5, 5.41) is 0. The molecule has 1 rings (SSSR count). The predicted molar refractivity (Wildman–Crippen MR) is 59.9 cm³/mol. The molecule has 0 fully saturated rings. The lowest BCUT2D eigenvalue weighted by molar-refractivity contribution is -0.125.